The monoisotopic (exact) mass is 290 g/mol. The highest BCUT2D eigenvalue weighted by Gasteiger charge is 2.24. The number of carbonyl (C=O) groups is 2. The molecule has 0 radical (unpaired) electrons. The Morgan fingerprint density at radius 1 is 1.43 bits per heavy atom. The van der Waals surface area contributed by atoms with E-state index in [9.17, 15) is 9.59 Å². The van der Waals surface area contributed by atoms with Crippen molar-refractivity contribution >= 4 is 11.9 Å². The summed E-state index contributed by atoms with van der Waals surface area (Å²) >= 11 is 0. The van der Waals surface area contributed by atoms with Gasteiger partial charge in [-0.05, 0) is 43.7 Å². The Hall–Kier alpha value is -1.91. The molecule has 1 atom stereocenters. The van der Waals surface area contributed by atoms with Gasteiger partial charge in [-0.25, -0.2) is 0 Å². The molecule has 0 aromatic carbocycles. The van der Waals surface area contributed by atoms with Crippen LogP contribution < -0.4 is 0 Å². The first-order chi connectivity index (χ1) is 10.0. The zero-order chi connectivity index (χ0) is 15.2. The maximum atomic E-state index is 12.3. The van der Waals surface area contributed by atoms with Crippen molar-refractivity contribution in [3.63, 3.8) is 0 Å². The van der Waals surface area contributed by atoms with Gasteiger partial charge < -0.3 is 10.0 Å². The minimum absolute atomic E-state index is 0.112. The molecule has 0 spiro atoms. The van der Waals surface area contributed by atoms with Crippen LogP contribution in [-0.2, 0) is 16.0 Å². The molecule has 1 aromatic heterocycles. The van der Waals surface area contributed by atoms with E-state index in [-0.39, 0.29) is 12.3 Å². The van der Waals surface area contributed by atoms with Crippen LogP contribution in [0.2, 0.25) is 0 Å². The number of carboxylic acids is 1. The number of hydrogen-bond acceptors (Lipinski definition) is 3. The van der Waals surface area contributed by atoms with Gasteiger partial charge in [0.15, 0.2) is 0 Å². The quantitative estimate of drug-likeness (QED) is 0.901. The summed E-state index contributed by atoms with van der Waals surface area (Å²) in [4.78, 5) is 29.0. The molecule has 1 aliphatic rings. The summed E-state index contributed by atoms with van der Waals surface area (Å²) in [6, 6.07) is 3.85. The number of pyridine rings is 1. The topological polar surface area (TPSA) is 70.5 Å². The first kappa shape index (κ1) is 15.5. The van der Waals surface area contributed by atoms with E-state index in [0.29, 0.717) is 25.3 Å². The second kappa shape index (κ2) is 7.20. The van der Waals surface area contributed by atoms with E-state index in [4.69, 9.17) is 5.11 Å². The molecule has 0 bridgehead atoms. The minimum Gasteiger partial charge on any atom is -0.481 e. The first-order valence-electron chi connectivity index (χ1n) is 7.45. The summed E-state index contributed by atoms with van der Waals surface area (Å²) in [6.45, 7) is 3.39. The van der Waals surface area contributed by atoms with Crippen LogP contribution in [0, 0.1) is 12.8 Å². The number of aliphatic carboxylic acids is 1. The summed E-state index contributed by atoms with van der Waals surface area (Å²) in [5.41, 5.74) is 1.87. The molecular formula is C16H22N2O3. The molecule has 114 valence electrons. The largest absolute Gasteiger partial charge is 0.481 e. The Morgan fingerprint density at radius 2 is 2.24 bits per heavy atom. The lowest BCUT2D eigenvalue weighted by Gasteiger charge is -2.32. The number of hydrogen-bond donors (Lipinski definition) is 1. The average molecular weight is 290 g/mol. The van der Waals surface area contributed by atoms with Gasteiger partial charge in [-0.3, -0.25) is 14.6 Å². The molecular weight excluding hydrogens is 268 g/mol. The Morgan fingerprint density at radius 3 is 2.90 bits per heavy atom. The van der Waals surface area contributed by atoms with Crippen molar-refractivity contribution in [2.24, 2.45) is 5.92 Å². The molecule has 1 N–H and O–H groups in total. The molecule has 1 fully saturated rings. The lowest BCUT2D eigenvalue weighted by Crippen LogP contribution is -2.40. The van der Waals surface area contributed by atoms with E-state index < -0.39 is 5.97 Å². The van der Waals surface area contributed by atoms with E-state index in [1.165, 1.54) is 0 Å². The van der Waals surface area contributed by atoms with E-state index in [1.807, 2.05) is 24.0 Å². The van der Waals surface area contributed by atoms with Gasteiger partial charge in [-0.1, -0.05) is 6.07 Å². The highest BCUT2D eigenvalue weighted by Crippen LogP contribution is 2.21. The molecule has 0 saturated carbocycles. The van der Waals surface area contributed by atoms with Crippen molar-refractivity contribution in [1.29, 1.82) is 0 Å². The second-order valence-electron chi connectivity index (χ2n) is 5.77. The fourth-order valence-electron chi connectivity index (χ4n) is 2.74. The third kappa shape index (κ3) is 4.85. The number of piperidine rings is 1. The molecule has 0 aliphatic carbocycles. The maximum absolute atomic E-state index is 12.3. The van der Waals surface area contributed by atoms with Gasteiger partial charge in [-0.2, -0.15) is 0 Å². The van der Waals surface area contributed by atoms with Crippen molar-refractivity contribution in [1.82, 2.24) is 9.88 Å². The number of carbonyl (C=O) groups excluding carboxylic acids is 1. The smallest absolute Gasteiger partial charge is 0.303 e. The Kier molecular flexibility index (Phi) is 5.31. The van der Waals surface area contributed by atoms with Gasteiger partial charge in [0.1, 0.15) is 0 Å². The Labute approximate surface area is 125 Å². The third-order valence-corrected chi connectivity index (χ3v) is 3.97. The van der Waals surface area contributed by atoms with Crippen molar-refractivity contribution in [2.75, 3.05) is 13.1 Å². The van der Waals surface area contributed by atoms with Crippen LogP contribution in [0.5, 0.6) is 0 Å². The molecule has 1 aromatic rings. The van der Waals surface area contributed by atoms with Crippen molar-refractivity contribution in [3.05, 3.63) is 29.6 Å². The van der Waals surface area contributed by atoms with Crippen LogP contribution in [0.3, 0.4) is 0 Å². The summed E-state index contributed by atoms with van der Waals surface area (Å²) in [5.74, 6) is -0.334. The number of likely N-dealkylation sites (tertiary alicyclic amines) is 1. The van der Waals surface area contributed by atoms with E-state index in [2.05, 4.69) is 4.98 Å². The Bertz CT molecular complexity index is 499. The molecule has 2 rings (SSSR count). The molecule has 5 heteroatoms. The average Bonchev–Trinajstić information content (AvgIpc) is 2.48. The normalized spacial score (nSPS) is 18.5. The minimum atomic E-state index is -0.760. The number of carboxylic acid groups (broad SMARTS) is 1. The van der Waals surface area contributed by atoms with Crippen molar-refractivity contribution in [3.8, 4) is 0 Å². The first-order valence-corrected chi connectivity index (χ1v) is 7.45. The molecule has 21 heavy (non-hydrogen) atoms. The van der Waals surface area contributed by atoms with Gasteiger partial charge in [0.25, 0.3) is 0 Å². The number of aromatic nitrogens is 1. The summed E-state index contributed by atoms with van der Waals surface area (Å²) in [5, 5.41) is 8.75. The molecule has 2 heterocycles. The van der Waals surface area contributed by atoms with E-state index >= 15 is 0 Å². The zero-order valence-corrected chi connectivity index (χ0v) is 12.4. The van der Waals surface area contributed by atoms with Crippen molar-refractivity contribution < 1.29 is 14.7 Å². The fraction of sp³-hybridized carbons (Fsp3) is 0.562. The zero-order valence-electron chi connectivity index (χ0n) is 12.4. The van der Waals surface area contributed by atoms with Crippen molar-refractivity contribution in [2.45, 2.75) is 39.0 Å². The molecule has 1 amide bonds. The van der Waals surface area contributed by atoms with Crippen LogP contribution in [0.25, 0.3) is 0 Å². The van der Waals surface area contributed by atoms with Crippen LogP contribution in [-0.4, -0.2) is 40.0 Å². The fourth-order valence-corrected chi connectivity index (χ4v) is 2.74. The summed E-state index contributed by atoms with van der Waals surface area (Å²) < 4.78 is 0. The lowest BCUT2D eigenvalue weighted by molar-refractivity contribution is -0.137. The van der Waals surface area contributed by atoms with E-state index in [1.54, 1.807) is 6.20 Å². The number of aryl methyl sites for hydroxylation is 1. The SMILES string of the molecule is Cc1ccc(CC(=O)N2CCCC(CCC(=O)O)C2)cn1. The van der Waals surface area contributed by atoms with Crippen LogP contribution >= 0.6 is 0 Å². The van der Waals surface area contributed by atoms with Gasteiger partial charge in [0.2, 0.25) is 5.91 Å². The third-order valence-electron chi connectivity index (χ3n) is 3.97. The number of amides is 1. The van der Waals surface area contributed by atoms with E-state index in [0.717, 1.165) is 30.6 Å². The lowest BCUT2D eigenvalue weighted by atomic mass is 9.93. The standard InChI is InChI=1S/C16H22N2O3/c1-12-4-5-14(10-17-12)9-15(19)18-8-2-3-13(11-18)6-7-16(20)21/h4-5,10,13H,2-3,6-9,11H2,1H3,(H,20,21). The highest BCUT2D eigenvalue weighted by atomic mass is 16.4. The van der Waals surface area contributed by atoms with Gasteiger partial charge in [-0.15, -0.1) is 0 Å². The number of rotatable bonds is 5. The number of nitrogens with zero attached hydrogens (tertiary/aromatic N) is 2. The second-order valence-corrected chi connectivity index (χ2v) is 5.77. The molecule has 5 nitrogen and oxygen atoms in total. The highest BCUT2D eigenvalue weighted by molar-refractivity contribution is 5.78. The molecule has 1 aliphatic heterocycles. The Balaban J connectivity index is 1.86. The summed E-state index contributed by atoms with van der Waals surface area (Å²) in [6.07, 6.45) is 4.95. The summed E-state index contributed by atoms with van der Waals surface area (Å²) in [7, 11) is 0. The predicted molar refractivity (Wildman–Crippen MR) is 78.9 cm³/mol. The van der Waals surface area contributed by atoms with Gasteiger partial charge >= 0.3 is 5.97 Å². The maximum Gasteiger partial charge on any atom is 0.303 e. The van der Waals surface area contributed by atoms with Gasteiger partial charge in [0, 0.05) is 31.4 Å². The molecule has 1 unspecified atom stereocenters. The van der Waals surface area contributed by atoms with Crippen LogP contribution in [0.4, 0.5) is 0 Å². The predicted octanol–water partition coefficient (Wildman–Crippen LogP) is 2.04. The van der Waals surface area contributed by atoms with Gasteiger partial charge in [0.05, 0.1) is 6.42 Å². The van der Waals surface area contributed by atoms with Crippen LogP contribution in [0.1, 0.15) is 36.9 Å². The molecule has 1 saturated heterocycles. The van der Waals surface area contributed by atoms with Crippen LogP contribution in [0.15, 0.2) is 18.3 Å².